The molecule has 2 heterocycles. The molecule has 1 N–H and O–H groups in total. The Kier molecular flexibility index (Phi) is 5.35. The van der Waals surface area contributed by atoms with Crippen molar-refractivity contribution in [2.24, 2.45) is 0 Å². The molecule has 0 bridgehead atoms. The Morgan fingerprint density at radius 3 is 2.68 bits per heavy atom. The van der Waals surface area contributed by atoms with Crippen LogP contribution in [0.25, 0.3) is 5.69 Å². The van der Waals surface area contributed by atoms with Crippen molar-refractivity contribution in [3.8, 4) is 5.69 Å². The summed E-state index contributed by atoms with van der Waals surface area (Å²) >= 11 is 7.41. The van der Waals surface area contributed by atoms with Crippen molar-refractivity contribution < 1.29 is 4.79 Å². The molecule has 1 aromatic carbocycles. The summed E-state index contributed by atoms with van der Waals surface area (Å²) in [6.45, 7) is 2.49. The number of urea groups is 1. The molecular weight excluding hydrogens is 358 g/mol. The highest BCUT2D eigenvalue weighted by Gasteiger charge is 2.14. The van der Waals surface area contributed by atoms with Crippen LogP contribution in [0.3, 0.4) is 0 Å². The Morgan fingerprint density at radius 1 is 1.32 bits per heavy atom. The van der Waals surface area contributed by atoms with Gasteiger partial charge < -0.3 is 10.2 Å². The number of aromatic nitrogens is 3. The van der Waals surface area contributed by atoms with Gasteiger partial charge in [0.1, 0.15) is 12.7 Å². The molecule has 2 amide bonds. The second-order valence-corrected chi connectivity index (χ2v) is 7.46. The molecule has 0 spiro atoms. The van der Waals surface area contributed by atoms with E-state index in [2.05, 4.69) is 15.4 Å². The van der Waals surface area contributed by atoms with Crippen LogP contribution in [-0.2, 0) is 6.54 Å². The molecular formula is C17H18ClN5OS. The molecule has 3 aromatic rings. The van der Waals surface area contributed by atoms with Crippen LogP contribution in [-0.4, -0.2) is 32.7 Å². The quantitative estimate of drug-likeness (QED) is 0.735. The summed E-state index contributed by atoms with van der Waals surface area (Å²) < 4.78 is 2.41. The fraction of sp³-hybridized carbons (Fsp3) is 0.235. The number of halogens is 1. The molecule has 0 aliphatic heterocycles. The average Bonchev–Trinajstić information content (AvgIpc) is 3.27. The first-order chi connectivity index (χ1) is 12.0. The van der Waals surface area contributed by atoms with Gasteiger partial charge in [0, 0.05) is 11.9 Å². The standard InChI is InChI=1S/C17H18ClN5OS/c1-12(13-3-5-14(6-4-13)23-11-19-10-20-23)21-17(24)22(2)9-15-7-8-16(18)25-15/h3-8,10-12H,9H2,1-2H3,(H,21,24). The van der Waals surface area contributed by atoms with Crippen molar-refractivity contribution in [1.82, 2.24) is 25.0 Å². The van der Waals surface area contributed by atoms with E-state index < -0.39 is 0 Å². The fourth-order valence-electron chi connectivity index (χ4n) is 2.38. The van der Waals surface area contributed by atoms with Gasteiger partial charge in [-0.3, -0.25) is 0 Å². The van der Waals surface area contributed by atoms with Crippen molar-refractivity contribution >= 4 is 29.0 Å². The van der Waals surface area contributed by atoms with Crippen LogP contribution in [0, 0.1) is 0 Å². The van der Waals surface area contributed by atoms with Gasteiger partial charge in [-0.25, -0.2) is 14.5 Å². The Balaban J connectivity index is 1.59. The van der Waals surface area contributed by atoms with Crippen LogP contribution in [0.4, 0.5) is 4.79 Å². The van der Waals surface area contributed by atoms with Gasteiger partial charge in [-0.1, -0.05) is 23.7 Å². The first kappa shape index (κ1) is 17.4. The third-order valence-electron chi connectivity index (χ3n) is 3.78. The Bertz CT molecular complexity index is 831. The first-order valence-corrected chi connectivity index (χ1v) is 8.93. The predicted octanol–water partition coefficient (Wildman–Crippen LogP) is 3.88. The number of hydrogen-bond donors (Lipinski definition) is 1. The summed E-state index contributed by atoms with van der Waals surface area (Å²) in [4.78, 5) is 19.0. The monoisotopic (exact) mass is 375 g/mol. The SMILES string of the molecule is CC(NC(=O)N(C)Cc1ccc(Cl)s1)c1ccc(-n2cncn2)cc1. The summed E-state index contributed by atoms with van der Waals surface area (Å²) in [5, 5.41) is 7.10. The van der Waals surface area contributed by atoms with Crippen LogP contribution in [0.2, 0.25) is 4.34 Å². The lowest BCUT2D eigenvalue weighted by Crippen LogP contribution is -2.38. The molecule has 1 unspecified atom stereocenters. The second-order valence-electron chi connectivity index (χ2n) is 5.66. The highest BCUT2D eigenvalue weighted by molar-refractivity contribution is 7.16. The highest BCUT2D eigenvalue weighted by atomic mass is 35.5. The minimum atomic E-state index is -0.127. The molecule has 130 valence electrons. The lowest BCUT2D eigenvalue weighted by molar-refractivity contribution is 0.204. The molecule has 0 fully saturated rings. The van der Waals surface area contributed by atoms with Crippen LogP contribution in [0.5, 0.6) is 0 Å². The molecule has 8 heteroatoms. The van der Waals surface area contributed by atoms with E-state index in [4.69, 9.17) is 11.6 Å². The molecule has 25 heavy (non-hydrogen) atoms. The summed E-state index contributed by atoms with van der Waals surface area (Å²) in [5.74, 6) is 0. The van der Waals surface area contributed by atoms with E-state index in [0.717, 1.165) is 20.5 Å². The van der Waals surface area contributed by atoms with Gasteiger partial charge in [0.05, 0.1) is 22.6 Å². The van der Waals surface area contributed by atoms with E-state index in [0.29, 0.717) is 6.54 Å². The van der Waals surface area contributed by atoms with Crippen LogP contribution < -0.4 is 5.32 Å². The second kappa shape index (κ2) is 7.67. The maximum Gasteiger partial charge on any atom is 0.317 e. The molecule has 0 aliphatic carbocycles. The Hall–Kier alpha value is -2.38. The third-order valence-corrected chi connectivity index (χ3v) is 5.00. The topological polar surface area (TPSA) is 63.1 Å². The smallest absolute Gasteiger partial charge is 0.317 e. The van der Waals surface area contributed by atoms with E-state index >= 15 is 0 Å². The number of rotatable bonds is 5. The van der Waals surface area contributed by atoms with Crippen molar-refractivity contribution in [1.29, 1.82) is 0 Å². The van der Waals surface area contributed by atoms with E-state index in [1.807, 2.05) is 43.3 Å². The minimum absolute atomic E-state index is 0.105. The summed E-state index contributed by atoms with van der Waals surface area (Å²) in [7, 11) is 1.77. The van der Waals surface area contributed by atoms with Crippen molar-refractivity contribution in [2.75, 3.05) is 7.05 Å². The van der Waals surface area contributed by atoms with Crippen LogP contribution in [0.15, 0.2) is 49.1 Å². The number of hydrogen-bond acceptors (Lipinski definition) is 4. The zero-order chi connectivity index (χ0) is 17.8. The average molecular weight is 376 g/mol. The Morgan fingerprint density at radius 2 is 2.08 bits per heavy atom. The van der Waals surface area contributed by atoms with E-state index in [1.54, 1.807) is 23.0 Å². The summed E-state index contributed by atoms with van der Waals surface area (Å²) in [6.07, 6.45) is 3.14. The largest absolute Gasteiger partial charge is 0.331 e. The molecule has 6 nitrogen and oxygen atoms in total. The van der Waals surface area contributed by atoms with Crippen molar-refractivity contribution in [3.05, 3.63) is 63.8 Å². The number of nitrogens with one attached hydrogen (secondary N) is 1. The van der Waals surface area contributed by atoms with Crippen molar-refractivity contribution in [2.45, 2.75) is 19.5 Å². The number of thiophene rings is 1. The lowest BCUT2D eigenvalue weighted by Gasteiger charge is -2.21. The number of amides is 2. The van der Waals surface area contributed by atoms with E-state index in [1.165, 1.54) is 17.7 Å². The molecule has 3 rings (SSSR count). The fourth-order valence-corrected chi connectivity index (χ4v) is 3.52. The summed E-state index contributed by atoms with van der Waals surface area (Å²) in [5.41, 5.74) is 1.94. The van der Waals surface area contributed by atoms with Gasteiger partial charge in [-0.15, -0.1) is 11.3 Å². The van der Waals surface area contributed by atoms with E-state index in [-0.39, 0.29) is 12.1 Å². The number of nitrogens with zero attached hydrogens (tertiary/aromatic N) is 4. The number of carbonyl (C=O) groups is 1. The molecule has 0 saturated carbocycles. The minimum Gasteiger partial charge on any atom is -0.331 e. The van der Waals surface area contributed by atoms with Gasteiger partial charge in [0.2, 0.25) is 0 Å². The van der Waals surface area contributed by atoms with E-state index in [9.17, 15) is 4.79 Å². The maximum atomic E-state index is 12.4. The van der Waals surface area contributed by atoms with Gasteiger partial charge in [-0.05, 0) is 36.8 Å². The molecule has 0 aliphatic rings. The summed E-state index contributed by atoms with van der Waals surface area (Å²) in [6, 6.07) is 11.4. The van der Waals surface area contributed by atoms with Gasteiger partial charge in [0.15, 0.2) is 0 Å². The maximum absolute atomic E-state index is 12.4. The molecule has 2 aromatic heterocycles. The van der Waals surface area contributed by atoms with Crippen LogP contribution >= 0.6 is 22.9 Å². The number of carbonyl (C=O) groups excluding carboxylic acids is 1. The predicted molar refractivity (Wildman–Crippen MR) is 99.1 cm³/mol. The third kappa shape index (κ3) is 4.37. The zero-order valence-corrected chi connectivity index (χ0v) is 15.5. The lowest BCUT2D eigenvalue weighted by atomic mass is 10.1. The normalized spacial score (nSPS) is 12.0. The van der Waals surface area contributed by atoms with Gasteiger partial charge in [-0.2, -0.15) is 5.10 Å². The van der Waals surface area contributed by atoms with Crippen LogP contribution in [0.1, 0.15) is 23.4 Å². The molecule has 1 atom stereocenters. The zero-order valence-electron chi connectivity index (χ0n) is 13.9. The highest BCUT2D eigenvalue weighted by Crippen LogP contribution is 2.22. The van der Waals surface area contributed by atoms with Gasteiger partial charge >= 0.3 is 6.03 Å². The van der Waals surface area contributed by atoms with Gasteiger partial charge in [0.25, 0.3) is 0 Å². The Labute approximate surface area is 155 Å². The number of benzene rings is 1. The molecule has 0 saturated heterocycles. The first-order valence-electron chi connectivity index (χ1n) is 7.74. The van der Waals surface area contributed by atoms with Crippen molar-refractivity contribution in [3.63, 3.8) is 0 Å². The molecule has 0 radical (unpaired) electrons.